The zero-order valence-electron chi connectivity index (χ0n) is 32.6. The van der Waals surface area contributed by atoms with Gasteiger partial charge in [-0.2, -0.15) is 0 Å². The molecule has 16 heteroatoms. The minimum absolute atomic E-state index is 0.0131. The first kappa shape index (κ1) is 40.0. The van der Waals surface area contributed by atoms with E-state index in [1.807, 2.05) is 0 Å². The van der Waals surface area contributed by atoms with Gasteiger partial charge >= 0.3 is 0 Å². The molecular formula is C43H48F3N9O4. The summed E-state index contributed by atoms with van der Waals surface area (Å²) in [5.74, 6) is -1.63. The molecule has 4 fully saturated rings. The number of halogens is 3. The number of amides is 3. The number of carbonyl (C=O) groups is 3. The second-order valence-electron chi connectivity index (χ2n) is 16.0. The molecule has 310 valence electrons. The number of nitrogens with zero attached hydrogens (tertiary/aromatic N) is 5. The molecule has 3 aliphatic heterocycles. The number of pyridine rings is 1. The van der Waals surface area contributed by atoms with Crippen LogP contribution < -0.4 is 31.7 Å². The number of piperidine rings is 3. The number of carbonyl (C=O) groups excluding carboxylic acids is 3. The summed E-state index contributed by atoms with van der Waals surface area (Å²) in [5.41, 5.74) is 1.77. The number of nitrogens with one attached hydrogen (secondary N) is 4. The van der Waals surface area contributed by atoms with E-state index < -0.39 is 29.8 Å². The Morgan fingerprint density at radius 2 is 1.63 bits per heavy atom. The molecule has 13 nitrogen and oxygen atoms in total. The highest BCUT2D eigenvalue weighted by molar-refractivity contribution is 6.01. The number of imide groups is 1. The van der Waals surface area contributed by atoms with Gasteiger partial charge in [-0.1, -0.05) is 18.2 Å². The average molecular weight is 812 g/mol. The van der Waals surface area contributed by atoms with Gasteiger partial charge in [-0.25, -0.2) is 23.1 Å². The largest absolute Gasteiger partial charge is 0.374 e. The number of alkyl halides is 1. The summed E-state index contributed by atoms with van der Waals surface area (Å²) in [6.07, 6.45) is 6.97. The van der Waals surface area contributed by atoms with Gasteiger partial charge in [0.2, 0.25) is 23.7 Å². The second kappa shape index (κ2) is 17.6. The number of hydrogen-bond donors (Lipinski definition) is 4. The molecular weight excluding hydrogens is 764 g/mol. The first-order valence-corrected chi connectivity index (χ1v) is 20.5. The van der Waals surface area contributed by atoms with Crippen molar-refractivity contribution in [3.05, 3.63) is 95.0 Å². The number of rotatable bonds is 10. The Morgan fingerprint density at radius 3 is 2.37 bits per heavy atom. The summed E-state index contributed by atoms with van der Waals surface area (Å²) < 4.78 is 47.4. The van der Waals surface area contributed by atoms with Crippen LogP contribution in [-0.2, 0) is 14.4 Å². The van der Waals surface area contributed by atoms with Gasteiger partial charge in [0.05, 0.1) is 18.4 Å². The van der Waals surface area contributed by atoms with E-state index in [9.17, 15) is 23.6 Å². The monoisotopic (exact) mass is 811 g/mol. The molecule has 3 amide bonds. The molecule has 1 saturated carbocycles. The fourth-order valence-corrected chi connectivity index (χ4v) is 8.87. The van der Waals surface area contributed by atoms with Gasteiger partial charge in [0.15, 0.2) is 5.82 Å². The minimum atomic E-state index is -1.18. The van der Waals surface area contributed by atoms with Gasteiger partial charge in [-0.15, -0.1) is 0 Å². The van der Waals surface area contributed by atoms with E-state index in [-0.39, 0.29) is 60.1 Å². The summed E-state index contributed by atoms with van der Waals surface area (Å²) in [4.78, 5) is 61.8. The van der Waals surface area contributed by atoms with Crippen LogP contribution in [-0.4, -0.2) is 93.7 Å². The van der Waals surface area contributed by atoms with Crippen molar-refractivity contribution in [2.75, 3.05) is 41.7 Å². The molecule has 8 rings (SSSR count). The van der Waals surface area contributed by atoms with Gasteiger partial charge in [-0.3, -0.25) is 34.0 Å². The molecule has 2 aromatic heterocycles. The summed E-state index contributed by atoms with van der Waals surface area (Å²) in [5, 5.41) is 11.8. The maximum absolute atomic E-state index is 15.7. The average Bonchev–Trinajstić information content (AvgIpc) is 3.23. The Balaban J connectivity index is 0.772. The molecule has 3 saturated heterocycles. The molecule has 5 heterocycles. The van der Waals surface area contributed by atoms with E-state index in [0.717, 1.165) is 31.9 Å². The van der Waals surface area contributed by atoms with Crippen LogP contribution in [0.4, 0.5) is 30.5 Å². The Morgan fingerprint density at radius 1 is 0.814 bits per heavy atom. The van der Waals surface area contributed by atoms with E-state index in [2.05, 4.69) is 36.1 Å². The number of likely N-dealkylation sites (tertiary alicyclic amines) is 1. The summed E-state index contributed by atoms with van der Waals surface area (Å²) >= 11 is 0. The minimum Gasteiger partial charge on any atom is -0.374 e. The van der Waals surface area contributed by atoms with Crippen molar-refractivity contribution in [3.63, 3.8) is 0 Å². The SMILES string of the molecule is O=C1CCC(Nc2ccc(N3CCC(N4CCC(NC(=O)C5CCC(Nc6ncc(F)c(-c7cccc(-n8ccccc8=O)c7)n6)CC5)CC4)C(F)C3)c(F)c2)C(=O)N1. The van der Waals surface area contributed by atoms with Crippen LogP contribution in [0.5, 0.6) is 0 Å². The van der Waals surface area contributed by atoms with Crippen LogP contribution in [0.25, 0.3) is 16.9 Å². The molecule has 0 radical (unpaired) electrons. The number of hydrogen-bond acceptors (Lipinski definition) is 10. The van der Waals surface area contributed by atoms with Crippen molar-refractivity contribution in [1.29, 1.82) is 0 Å². The van der Waals surface area contributed by atoms with Crippen molar-refractivity contribution in [1.82, 2.24) is 30.1 Å². The maximum atomic E-state index is 15.7. The lowest BCUT2D eigenvalue weighted by Crippen LogP contribution is -2.56. The Kier molecular flexibility index (Phi) is 11.9. The van der Waals surface area contributed by atoms with Gasteiger partial charge in [0.25, 0.3) is 5.56 Å². The molecule has 4 N–H and O–H groups in total. The fourth-order valence-electron chi connectivity index (χ4n) is 8.87. The van der Waals surface area contributed by atoms with Gasteiger partial charge in [0.1, 0.15) is 23.7 Å². The highest BCUT2D eigenvalue weighted by Crippen LogP contribution is 2.32. The lowest BCUT2D eigenvalue weighted by Gasteiger charge is -2.44. The van der Waals surface area contributed by atoms with Gasteiger partial charge in [-0.05, 0) is 87.8 Å². The first-order valence-electron chi connectivity index (χ1n) is 20.5. The van der Waals surface area contributed by atoms with Crippen LogP contribution in [0.2, 0.25) is 0 Å². The number of anilines is 3. The maximum Gasteiger partial charge on any atom is 0.255 e. The normalized spacial score (nSPS) is 24.3. The third-order valence-electron chi connectivity index (χ3n) is 12.1. The van der Waals surface area contributed by atoms with Crippen LogP contribution >= 0.6 is 0 Å². The fraction of sp³-hybridized carbons (Fsp3) is 0.442. The zero-order chi connectivity index (χ0) is 41.0. The lowest BCUT2D eigenvalue weighted by molar-refractivity contribution is -0.133. The topological polar surface area (TPSA) is 154 Å². The second-order valence-corrected chi connectivity index (χ2v) is 16.0. The third-order valence-corrected chi connectivity index (χ3v) is 12.1. The van der Waals surface area contributed by atoms with E-state index >= 15 is 8.78 Å². The highest BCUT2D eigenvalue weighted by atomic mass is 19.1. The summed E-state index contributed by atoms with van der Waals surface area (Å²) in [6, 6.07) is 15.5. The van der Waals surface area contributed by atoms with Crippen molar-refractivity contribution >= 4 is 35.0 Å². The highest BCUT2D eigenvalue weighted by Gasteiger charge is 2.37. The Bertz CT molecular complexity index is 2240. The standard InChI is InChI=1S/C43H48F3N9O4/c44-32-23-30(48-35-12-14-38(56)51-42(35)59)11-13-36(32)54-21-17-37(34(46)25-54)53-19-15-29(16-20-53)49-41(58)26-7-9-28(10-8-26)50-43-47-24-33(45)40(52-43)27-4-3-5-31(22-27)55-18-2-1-6-39(55)57/h1-6,11,13,18,22-24,26,28-29,34-35,37,48H,7-10,12,14-17,19-21,25H2,(H,49,58)(H,47,50,52)(H,51,56,59). The van der Waals surface area contributed by atoms with E-state index in [4.69, 9.17) is 0 Å². The van der Waals surface area contributed by atoms with Crippen molar-refractivity contribution in [2.24, 2.45) is 5.92 Å². The third kappa shape index (κ3) is 9.27. The lowest BCUT2D eigenvalue weighted by atomic mass is 9.85. The Hall–Kier alpha value is -5.77. The Labute approximate surface area is 339 Å². The summed E-state index contributed by atoms with van der Waals surface area (Å²) in [6.45, 7) is 1.89. The van der Waals surface area contributed by atoms with Crippen molar-refractivity contribution < 1.29 is 27.6 Å². The number of aromatic nitrogens is 3. The molecule has 2 aromatic carbocycles. The zero-order valence-corrected chi connectivity index (χ0v) is 32.6. The smallest absolute Gasteiger partial charge is 0.255 e. The molecule has 4 aromatic rings. The molecule has 0 spiro atoms. The molecule has 59 heavy (non-hydrogen) atoms. The van der Waals surface area contributed by atoms with Crippen LogP contribution in [0.3, 0.4) is 0 Å². The summed E-state index contributed by atoms with van der Waals surface area (Å²) in [7, 11) is 0. The number of benzene rings is 2. The predicted molar refractivity (Wildman–Crippen MR) is 217 cm³/mol. The molecule has 0 bridgehead atoms. The van der Waals surface area contributed by atoms with Crippen LogP contribution in [0.15, 0.2) is 77.9 Å². The quantitative estimate of drug-likeness (QED) is 0.162. The van der Waals surface area contributed by atoms with E-state index in [1.165, 1.54) is 16.7 Å². The van der Waals surface area contributed by atoms with E-state index in [1.54, 1.807) is 59.6 Å². The van der Waals surface area contributed by atoms with Gasteiger partial charge < -0.3 is 20.9 Å². The first-order chi connectivity index (χ1) is 28.6. The molecule has 3 unspecified atom stereocenters. The van der Waals surface area contributed by atoms with E-state index in [0.29, 0.717) is 73.9 Å². The molecule has 4 aliphatic rings. The molecule has 3 atom stereocenters. The van der Waals surface area contributed by atoms with Crippen LogP contribution in [0, 0.1) is 17.6 Å². The molecule has 1 aliphatic carbocycles. The van der Waals surface area contributed by atoms with Crippen molar-refractivity contribution in [3.8, 4) is 16.9 Å². The van der Waals surface area contributed by atoms with Crippen molar-refractivity contribution in [2.45, 2.75) is 88.1 Å². The van der Waals surface area contributed by atoms with Gasteiger partial charge in [0, 0.05) is 79.3 Å². The predicted octanol–water partition coefficient (Wildman–Crippen LogP) is 4.96. The van der Waals surface area contributed by atoms with Crippen LogP contribution in [0.1, 0.15) is 57.8 Å².